The molecular weight excluding hydrogens is 218 g/mol. The van der Waals surface area contributed by atoms with E-state index in [0.717, 1.165) is 17.9 Å². The molecule has 1 rings (SSSR count). The van der Waals surface area contributed by atoms with Crippen LogP contribution in [0.4, 0.5) is 5.69 Å². The lowest BCUT2D eigenvalue weighted by Gasteiger charge is -2.10. The Morgan fingerprint density at radius 2 is 2.06 bits per heavy atom. The maximum absolute atomic E-state index is 11.7. The molecule has 0 aliphatic carbocycles. The molecule has 88 valence electrons. The molecule has 1 unspecified atom stereocenters. The molecule has 1 aromatic carbocycles. The summed E-state index contributed by atoms with van der Waals surface area (Å²) in [6, 6.07) is 9.59. The van der Waals surface area contributed by atoms with Gasteiger partial charge in [-0.2, -0.15) is 11.8 Å². The first kappa shape index (κ1) is 13.1. The summed E-state index contributed by atoms with van der Waals surface area (Å²) in [4.78, 5) is 11.7. The maximum Gasteiger partial charge on any atom is 0.225 e. The van der Waals surface area contributed by atoms with E-state index in [1.165, 1.54) is 0 Å². The Hall–Kier alpha value is -0.960. The van der Waals surface area contributed by atoms with Crippen LogP contribution in [0.2, 0.25) is 0 Å². The number of anilines is 1. The number of hydrogen-bond donors (Lipinski definition) is 1. The molecule has 0 saturated carbocycles. The normalized spacial score (nSPS) is 12.1. The molecule has 0 saturated heterocycles. The number of benzene rings is 1. The Morgan fingerprint density at radius 1 is 1.38 bits per heavy atom. The summed E-state index contributed by atoms with van der Waals surface area (Å²) in [5, 5.41) is 3.29. The molecule has 0 bridgehead atoms. The highest BCUT2D eigenvalue weighted by Crippen LogP contribution is 2.16. The summed E-state index contributed by atoms with van der Waals surface area (Å²) < 4.78 is 0. The van der Waals surface area contributed by atoms with Gasteiger partial charge in [-0.25, -0.2) is 0 Å². The van der Waals surface area contributed by atoms with E-state index in [4.69, 9.17) is 0 Å². The third kappa shape index (κ3) is 5.21. The molecule has 0 radical (unpaired) electrons. The van der Waals surface area contributed by atoms with E-state index in [-0.39, 0.29) is 5.91 Å². The predicted octanol–water partition coefficient (Wildman–Crippen LogP) is 3.55. The van der Waals surface area contributed by atoms with Crippen LogP contribution in [0, 0.1) is 0 Å². The molecule has 0 spiro atoms. The number of nitrogens with one attached hydrogen (secondary N) is 1. The van der Waals surface area contributed by atoms with Crippen LogP contribution in [0.25, 0.3) is 0 Å². The average molecular weight is 237 g/mol. The van der Waals surface area contributed by atoms with Gasteiger partial charge < -0.3 is 5.32 Å². The third-order valence-corrected chi connectivity index (χ3v) is 3.52. The van der Waals surface area contributed by atoms with Gasteiger partial charge in [-0.3, -0.25) is 4.79 Å². The lowest BCUT2D eigenvalue weighted by molar-refractivity contribution is -0.116. The number of carbonyl (C=O) groups excluding carboxylic acids is 1. The molecular formula is C13H19NOS. The fourth-order valence-corrected chi connectivity index (χ4v) is 2.28. The van der Waals surface area contributed by atoms with Crippen molar-refractivity contribution in [3.8, 4) is 0 Å². The molecule has 0 fully saturated rings. The summed E-state index contributed by atoms with van der Waals surface area (Å²) in [6.07, 6.45) is 1.74. The summed E-state index contributed by atoms with van der Waals surface area (Å²) in [7, 11) is 0. The molecule has 0 heterocycles. The van der Waals surface area contributed by atoms with Gasteiger partial charge in [0, 0.05) is 17.4 Å². The van der Waals surface area contributed by atoms with E-state index in [1.54, 1.807) is 0 Å². The summed E-state index contributed by atoms with van der Waals surface area (Å²) in [6.45, 7) is 4.26. The van der Waals surface area contributed by atoms with Crippen LogP contribution >= 0.6 is 11.8 Å². The zero-order valence-electron chi connectivity index (χ0n) is 9.90. The van der Waals surface area contributed by atoms with Crippen molar-refractivity contribution in [2.24, 2.45) is 0 Å². The lowest BCUT2D eigenvalue weighted by Crippen LogP contribution is -2.16. The zero-order chi connectivity index (χ0) is 11.8. The Morgan fingerprint density at radius 3 is 2.69 bits per heavy atom. The molecule has 0 aliphatic heterocycles. The quantitative estimate of drug-likeness (QED) is 0.820. The second-order valence-electron chi connectivity index (χ2n) is 3.80. The van der Waals surface area contributed by atoms with Crippen molar-refractivity contribution < 1.29 is 4.79 Å². The average Bonchev–Trinajstić information content (AvgIpc) is 2.27. The smallest absolute Gasteiger partial charge is 0.225 e. The summed E-state index contributed by atoms with van der Waals surface area (Å²) in [5.74, 6) is 1.22. The van der Waals surface area contributed by atoms with Gasteiger partial charge in [-0.05, 0) is 24.3 Å². The first-order valence-corrected chi connectivity index (χ1v) is 6.73. The number of para-hydroxylation sites is 1. The van der Waals surface area contributed by atoms with Gasteiger partial charge in [0.1, 0.15) is 0 Å². The van der Waals surface area contributed by atoms with E-state index in [9.17, 15) is 4.79 Å². The number of hydrogen-bond acceptors (Lipinski definition) is 2. The highest BCUT2D eigenvalue weighted by atomic mass is 32.2. The molecule has 2 nitrogen and oxygen atoms in total. The van der Waals surface area contributed by atoms with E-state index in [2.05, 4.69) is 19.2 Å². The topological polar surface area (TPSA) is 29.1 Å². The van der Waals surface area contributed by atoms with Gasteiger partial charge in [0.25, 0.3) is 0 Å². The van der Waals surface area contributed by atoms with Crippen molar-refractivity contribution in [3.63, 3.8) is 0 Å². The number of thioether (sulfide) groups is 1. The van der Waals surface area contributed by atoms with Crippen LogP contribution in [0.5, 0.6) is 0 Å². The molecule has 1 aromatic rings. The van der Waals surface area contributed by atoms with Gasteiger partial charge in [-0.15, -0.1) is 0 Å². The highest BCUT2D eigenvalue weighted by Gasteiger charge is 2.08. The van der Waals surface area contributed by atoms with Crippen molar-refractivity contribution in [2.75, 3.05) is 11.1 Å². The fourth-order valence-electron chi connectivity index (χ4n) is 1.37. The fraction of sp³-hybridized carbons (Fsp3) is 0.462. The van der Waals surface area contributed by atoms with Crippen LogP contribution in [0.3, 0.4) is 0 Å². The monoisotopic (exact) mass is 237 g/mol. The Kier molecular flexibility index (Phi) is 6.01. The van der Waals surface area contributed by atoms with Gasteiger partial charge in [0.05, 0.1) is 0 Å². The standard InChI is InChI=1S/C13H19NOS/c1-3-9-16-11(2)10-13(15)14-12-7-5-4-6-8-12/h4-8,11H,3,9-10H2,1-2H3,(H,14,15). The number of carbonyl (C=O) groups is 1. The highest BCUT2D eigenvalue weighted by molar-refractivity contribution is 7.99. The third-order valence-electron chi connectivity index (χ3n) is 2.14. The summed E-state index contributed by atoms with van der Waals surface area (Å²) in [5.41, 5.74) is 0.875. The van der Waals surface area contributed by atoms with Crippen LogP contribution in [-0.4, -0.2) is 16.9 Å². The van der Waals surface area contributed by atoms with Crippen molar-refractivity contribution in [1.82, 2.24) is 0 Å². The van der Waals surface area contributed by atoms with E-state index in [0.29, 0.717) is 11.7 Å². The first-order valence-electron chi connectivity index (χ1n) is 5.69. The van der Waals surface area contributed by atoms with Crippen LogP contribution in [0.15, 0.2) is 30.3 Å². The second kappa shape index (κ2) is 7.34. The predicted molar refractivity (Wildman–Crippen MR) is 71.9 cm³/mol. The minimum Gasteiger partial charge on any atom is -0.326 e. The van der Waals surface area contributed by atoms with E-state index >= 15 is 0 Å². The summed E-state index contributed by atoms with van der Waals surface area (Å²) >= 11 is 1.85. The van der Waals surface area contributed by atoms with Crippen molar-refractivity contribution in [2.45, 2.75) is 31.9 Å². The van der Waals surface area contributed by atoms with Crippen molar-refractivity contribution in [3.05, 3.63) is 30.3 Å². The van der Waals surface area contributed by atoms with Crippen molar-refractivity contribution >= 4 is 23.4 Å². The van der Waals surface area contributed by atoms with Crippen LogP contribution in [0.1, 0.15) is 26.7 Å². The molecule has 0 aliphatic rings. The molecule has 1 N–H and O–H groups in total. The largest absolute Gasteiger partial charge is 0.326 e. The number of amides is 1. The molecule has 16 heavy (non-hydrogen) atoms. The molecule has 1 atom stereocenters. The van der Waals surface area contributed by atoms with E-state index in [1.807, 2.05) is 42.1 Å². The minimum absolute atomic E-state index is 0.0994. The van der Waals surface area contributed by atoms with Crippen LogP contribution < -0.4 is 5.32 Å². The second-order valence-corrected chi connectivity index (χ2v) is 5.35. The SMILES string of the molecule is CCCSC(C)CC(=O)Nc1ccccc1. The maximum atomic E-state index is 11.7. The van der Waals surface area contributed by atoms with Gasteiger partial charge in [0.15, 0.2) is 0 Å². The Balaban J connectivity index is 2.31. The molecule has 0 aromatic heterocycles. The Bertz CT molecular complexity index is 313. The van der Waals surface area contributed by atoms with Crippen LogP contribution in [-0.2, 0) is 4.79 Å². The molecule has 3 heteroatoms. The Labute approximate surface area is 102 Å². The van der Waals surface area contributed by atoms with Crippen molar-refractivity contribution in [1.29, 1.82) is 0 Å². The minimum atomic E-state index is 0.0994. The van der Waals surface area contributed by atoms with Gasteiger partial charge >= 0.3 is 0 Å². The number of rotatable bonds is 6. The zero-order valence-corrected chi connectivity index (χ0v) is 10.7. The van der Waals surface area contributed by atoms with Gasteiger partial charge in [-0.1, -0.05) is 32.0 Å². The first-order chi connectivity index (χ1) is 7.72. The van der Waals surface area contributed by atoms with E-state index < -0.39 is 0 Å². The molecule has 1 amide bonds. The van der Waals surface area contributed by atoms with Gasteiger partial charge in [0.2, 0.25) is 5.91 Å². The lowest BCUT2D eigenvalue weighted by atomic mass is 10.3.